The van der Waals surface area contributed by atoms with E-state index in [4.69, 9.17) is 4.74 Å². The van der Waals surface area contributed by atoms with Gasteiger partial charge in [0.05, 0.1) is 12.3 Å². The summed E-state index contributed by atoms with van der Waals surface area (Å²) in [5.41, 5.74) is 4.58. The minimum Gasteiger partial charge on any atom is -0.491 e. The van der Waals surface area contributed by atoms with Gasteiger partial charge in [0.15, 0.2) is 5.65 Å². The molecular formula is C22H26N4O2. The number of carbonyl (C=O) groups excluding carboxylic acids is 1. The highest BCUT2D eigenvalue weighted by Crippen LogP contribution is 2.25. The zero-order valence-corrected chi connectivity index (χ0v) is 16.6. The molecule has 2 aromatic heterocycles. The molecule has 1 amide bonds. The monoisotopic (exact) mass is 378 g/mol. The molecule has 1 aromatic carbocycles. The topological polar surface area (TPSA) is 68.5 Å². The number of ether oxygens (including phenoxy) is 1. The summed E-state index contributed by atoms with van der Waals surface area (Å²) in [6.45, 7) is 6.70. The number of rotatable bonds is 5. The molecule has 3 aromatic rings. The minimum atomic E-state index is -0.158. The average molecular weight is 378 g/mol. The van der Waals surface area contributed by atoms with Gasteiger partial charge in [-0.3, -0.25) is 4.79 Å². The first-order valence-corrected chi connectivity index (χ1v) is 9.89. The summed E-state index contributed by atoms with van der Waals surface area (Å²) < 4.78 is 7.49. The highest BCUT2D eigenvalue weighted by atomic mass is 16.5. The van der Waals surface area contributed by atoms with Crippen LogP contribution in [0.1, 0.15) is 54.4 Å². The molecule has 0 saturated heterocycles. The van der Waals surface area contributed by atoms with Crippen LogP contribution in [-0.2, 0) is 19.4 Å². The van der Waals surface area contributed by atoms with Gasteiger partial charge in [-0.2, -0.15) is 5.10 Å². The normalized spacial score (nSPS) is 16.2. The number of fused-ring (bicyclic) bond motifs is 3. The summed E-state index contributed by atoms with van der Waals surface area (Å²) in [4.78, 5) is 17.2. The molecule has 1 aliphatic rings. The third-order valence-electron chi connectivity index (χ3n) is 5.15. The van der Waals surface area contributed by atoms with E-state index in [1.807, 2.05) is 48.8 Å². The van der Waals surface area contributed by atoms with E-state index in [0.717, 1.165) is 30.6 Å². The molecule has 146 valence electrons. The van der Waals surface area contributed by atoms with E-state index in [-0.39, 0.29) is 12.0 Å². The zero-order chi connectivity index (χ0) is 19.7. The van der Waals surface area contributed by atoms with Crippen molar-refractivity contribution in [3.05, 3.63) is 59.0 Å². The Morgan fingerprint density at radius 2 is 2.07 bits per heavy atom. The molecule has 0 radical (unpaired) electrons. The van der Waals surface area contributed by atoms with Crippen LogP contribution in [0.4, 0.5) is 0 Å². The molecule has 1 aliphatic carbocycles. The standard InChI is InChI=1S/C22H26N4O2/c1-14(2)28-18-7-5-16(6-8-18)11-24-22(27)19-13-25-26-20-9-4-15(3)10-17(20)12-23-21(19)26/h5-8,12-15H,4,9-11H2,1-3H3,(H,24,27)/t15-/m1/s1. The Bertz CT molecular complexity index is 992. The van der Waals surface area contributed by atoms with Crippen LogP contribution in [0.3, 0.4) is 0 Å². The van der Waals surface area contributed by atoms with Crippen LogP contribution in [0.5, 0.6) is 5.75 Å². The predicted molar refractivity (Wildman–Crippen MR) is 108 cm³/mol. The van der Waals surface area contributed by atoms with Gasteiger partial charge in [0.25, 0.3) is 5.91 Å². The quantitative estimate of drug-likeness (QED) is 0.737. The van der Waals surface area contributed by atoms with Crippen molar-refractivity contribution in [1.82, 2.24) is 19.9 Å². The number of benzene rings is 1. The Hall–Kier alpha value is -2.89. The molecular weight excluding hydrogens is 352 g/mol. The second-order valence-corrected chi connectivity index (χ2v) is 7.86. The van der Waals surface area contributed by atoms with Crippen molar-refractivity contribution in [3.8, 4) is 5.75 Å². The van der Waals surface area contributed by atoms with E-state index in [9.17, 15) is 4.79 Å². The number of amides is 1. The van der Waals surface area contributed by atoms with Crippen LogP contribution in [-0.4, -0.2) is 26.6 Å². The van der Waals surface area contributed by atoms with Gasteiger partial charge in [-0.25, -0.2) is 9.50 Å². The molecule has 0 spiro atoms. The summed E-state index contributed by atoms with van der Waals surface area (Å²) in [7, 11) is 0. The molecule has 0 bridgehead atoms. The first-order valence-electron chi connectivity index (χ1n) is 9.89. The lowest BCUT2D eigenvalue weighted by Gasteiger charge is -2.21. The summed E-state index contributed by atoms with van der Waals surface area (Å²) in [6, 6.07) is 7.77. The highest BCUT2D eigenvalue weighted by molar-refractivity contribution is 5.99. The van der Waals surface area contributed by atoms with Gasteiger partial charge in [0, 0.05) is 18.4 Å². The van der Waals surface area contributed by atoms with Gasteiger partial charge in [-0.15, -0.1) is 0 Å². The third kappa shape index (κ3) is 3.72. The maximum absolute atomic E-state index is 12.7. The number of nitrogens with one attached hydrogen (secondary N) is 1. The van der Waals surface area contributed by atoms with Crippen LogP contribution in [0.25, 0.3) is 5.65 Å². The zero-order valence-electron chi connectivity index (χ0n) is 16.6. The highest BCUT2D eigenvalue weighted by Gasteiger charge is 2.22. The lowest BCUT2D eigenvalue weighted by atomic mass is 9.89. The SMILES string of the molecule is CC(C)Oc1ccc(CNC(=O)c2cnn3c4c(cnc23)C[C@H](C)CC4)cc1. The van der Waals surface area contributed by atoms with E-state index in [2.05, 4.69) is 22.3 Å². The van der Waals surface area contributed by atoms with E-state index in [1.54, 1.807) is 6.20 Å². The molecule has 2 heterocycles. The third-order valence-corrected chi connectivity index (χ3v) is 5.15. The molecule has 4 rings (SSSR count). The van der Waals surface area contributed by atoms with Crippen molar-refractivity contribution in [2.24, 2.45) is 5.92 Å². The molecule has 6 heteroatoms. The molecule has 0 saturated carbocycles. The average Bonchev–Trinajstić information content (AvgIpc) is 3.11. The largest absolute Gasteiger partial charge is 0.491 e. The first-order chi connectivity index (χ1) is 13.5. The van der Waals surface area contributed by atoms with Gasteiger partial charge in [-0.05, 0) is 62.3 Å². The number of carbonyl (C=O) groups is 1. The minimum absolute atomic E-state index is 0.141. The lowest BCUT2D eigenvalue weighted by molar-refractivity contribution is 0.0952. The smallest absolute Gasteiger partial charge is 0.257 e. The van der Waals surface area contributed by atoms with E-state index in [1.165, 1.54) is 11.3 Å². The Kier molecular flexibility index (Phi) is 5.03. The van der Waals surface area contributed by atoms with Crippen LogP contribution < -0.4 is 10.1 Å². The maximum atomic E-state index is 12.7. The van der Waals surface area contributed by atoms with Crippen molar-refractivity contribution >= 4 is 11.6 Å². The molecule has 6 nitrogen and oxygen atoms in total. The van der Waals surface area contributed by atoms with Crippen LogP contribution >= 0.6 is 0 Å². The summed E-state index contributed by atoms with van der Waals surface area (Å²) >= 11 is 0. The Morgan fingerprint density at radius 3 is 2.82 bits per heavy atom. The molecule has 0 aliphatic heterocycles. The van der Waals surface area contributed by atoms with Gasteiger partial charge < -0.3 is 10.1 Å². The van der Waals surface area contributed by atoms with Crippen molar-refractivity contribution < 1.29 is 9.53 Å². The fourth-order valence-corrected chi connectivity index (χ4v) is 3.71. The molecule has 0 fully saturated rings. The lowest BCUT2D eigenvalue weighted by Crippen LogP contribution is -2.23. The van der Waals surface area contributed by atoms with Crippen LogP contribution in [0.2, 0.25) is 0 Å². The Morgan fingerprint density at radius 1 is 1.29 bits per heavy atom. The van der Waals surface area contributed by atoms with Gasteiger partial charge in [-0.1, -0.05) is 19.1 Å². The fraction of sp³-hybridized carbons (Fsp3) is 0.409. The maximum Gasteiger partial charge on any atom is 0.257 e. The predicted octanol–water partition coefficient (Wildman–Crippen LogP) is 3.57. The number of aromatic nitrogens is 3. The summed E-state index contributed by atoms with van der Waals surface area (Å²) in [5.74, 6) is 1.34. The number of aryl methyl sites for hydroxylation is 1. The van der Waals surface area contributed by atoms with Gasteiger partial charge >= 0.3 is 0 Å². The molecule has 1 N–H and O–H groups in total. The second kappa shape index (κ2) is 7.62. The number of hydrogen-bond donors (Lipinski definition) is 1. The van der Waals surface area contributed by atoms with Crippen molar-refractivity contribution in [2.45, 2.75) is 52.7 Å². The first kappa shape index (κ1) is 18.5. The molecule has 0 unspecified atom stereocenters. The van der Waals surface area contributed by atoms with Crippen LogP contribution in [0, 0.1) is 5.92 Å². The van der Waals surface area contributed by atoms with E-state index < -0.39 is 0 Å². The summed E-state index contributed by atoms with van der Waals surface area (Å²) in [5, 5.41) is 7.42. The number of hydrogen-bond acceptors (Lipinski definition) is 4. The number of nitrogens with zero attached hydrogens (tertiary/aromatic N) is 3. The fourth-order valence-electron chi connectivity index (χ4n) is 3.71. The van der Waals surface area contributed by atoms with Gasteiger partial charge in [0.1, 0.15) is 11.3 Å². The Balaban J connectivity index is 1.47. The second-order valence-electron chi connectivity index (χ2n) is 7.86. The van der Waals surface area contributed by atoms with Crippen LogP contribution in [0.15, 0.2) is 36.7 Å². The molecule has 1 atom stereocenters. The van der Waals surface area contributed by atoms with E-state index >= 15 is 0 Å². The molecule has 28 heavy (non-hydrogen) atoms. The Labute approximate surface area is 164 Å². The van der Waals surface area contributed by atoms with Crippen molar-refractivity contribution in [3.63, 3.8) is 0 Å². The van der Waals surface area contributed by atoms with E-state index in [0.29, 0.717) is 23.7 Å². The van der Waals surface area contributed by atoms with Crippen molar-refractivity contribution in [1.29, 1.82) is 0 Å². The van der Waals surface area contributed by atoms with Crippen molar-refractivity contribution in [2.75, 3.05) is 0 Å². The van der Waals surface area contributed by atoms with Gasteiger partial charge in [0.2, 0.25) is 0 Å². The summed E-state index contributed by atoms with van der Waals surface area (Å²) in [6.07, 6.45) is 6.81.